The minimum Gasteiger partial charge on any atom is -0.509 e. The molecule has 0 saturated carbocycles. The Bertz CT molecular complexity index is 285. The fourth-order valence-electron chi connectivity index (χ4n) is 0.689. The number of benzene rings is 1. The largest absolute Gasteiger partial charge is 0.707 e. The Kier molecular flexibility index (Phi) is 4.32. The SMILES string of the molecule is N.OB(O)Oc1cccc(F)c1F. The Labute approximate surface area is 73.5 Å². The summed E-state index contributed by atoms with van der Waals surface area (Å²) in [6, 6.07) is 3.17. The van der Waals surface area contributed by atoms with Gasteiger partial charge in [-0.15, -0.1) is 0 Å². The molecule has 1 aromatic carbocycles. The smallest absolute Gasteiger partial charge is 0.509 e. The average Bonchev–Trinajstić information content (AvgIpc) is 1.98. The van der Waals surface area contributed by atoms with Crippen molar-refractivity contribution in [1.82, 2.24) is 6.15 Å². The van der Waals surface area contributed by atoms with Crippen molar-refractivity contribution in [1.29, 1.82) is 0 Å². The summed E-state index contributed by atoms with van der Waals surface area (Å²) in [6.07, 6.45) is 0. The van der Waals surface area contributed by atoms with Gasteiger partial charge in [-0.05, 0) is 12.1 Å². The zero-order valence-corrected chi connectivity index (χ0v) is 6.58. The summed E-state index contributed by atoms with van der Waals surface area (Å²) in [4.78, 5) is 0. The number of hydrogen-bond donors (Lipinski definition) is 3. The quantitative estimate of drug-likeness (QED) is 0.593. The Morgan fingerprint density at radius 3 is 2.38 bits per heavy atom. The van der Waals surface area contributed by atoms with Gasteiger partial charge < -0.3 is 20.9 Å². The van der Waals surface area contributed by atoms with Crippen molar-refractivity contribution in [3.63, 3.8) is 0 Å². The Hall–Kier alpha value is -1.18. The van der Waals surface area contributed by atoms with E-state index in [4.69, 9.17) is 10.0 Å². The zero-order chi connectivity index (χ0) is 9.14. The van der Waals surface area contributed by atoms with Crippen LogP contribution in [0, 0.1) is 11.6 Å². The predicted octanol–water partition coefficient (Wildman–Crippen LogP) is 0.475. The molecule has 0 aliphatic carbocycles. The lowest BCUT2D eigenvalue weighted by Crippen LogP contribution is -2.21. The number of rotatable bonds is 2. The van der Waals surface area contributed by atoms with E-state index in [9.17, 15) is 8.78 Å². The Morgan fingerprint density at radius 2 is 1.85 bits per heavy atom. The van der Waals surface area contributed by atoms with Crippen LogP contribution in [0.5, 0.6) is 5.75 Å². The van der Waals surface area contributed by atoms with Crippen LogP contribution in [0.3, 0.4) is 0 Å². The Balaban J connectivity index is 0.00000144. The highest BCUT2D eigenvalue weighted by molar-refractivity contribution is 6.33. The summed E-state index contributed by atoms with van der Waals surface area (Å²) in [7, 11) is -2.15. The van der Waals surface area contributed by atoms with E-state index in [0.29, 0.717) is 0 Å². The highest BCUT2D eigenvalue weighted by Crippen LogP contribution is 2.18. The maximum Gasteiger partial charge on any atom is 0.707 e. The summed E-state index contributed by atoms with van der Waals surface area (Å²) in [5.74, 6) is -2.89. The molecule has 0 atom stereocenters. The monoisotopic (exact) mass is 191 g/mol. The maximum atomic E-state index is 12.6. The first-order chi connectivity index (χ1) is 5.61. The van der Waals surface area contributed by atoms with E-state index < -0.39 is 24.7 Å². The van der Waals surface area contributed by atoms with E-state index in [1.165, 1.54) is 6.07 Å². The van der Waals surface area contributed by atoms with E-state index in [2.05, 4.69) is 4.65 Å². The third-order valence-corrected chi connectivity index (χ3v) is 1.15. The third kappa shape index (κ3) is 2.98. The average molecular weight is 191 g/mol. The van der Waals surface area contributed by atoms with Crippen LogP contribution in [-0.2, 0) is 0 Å². The van der Waals surface area contributed by atoms with Crippen molar-refractivity contribution >= 4 is 7.32 Å². The summed E-state index contributed by atoms with van der Waals surface area (Å²) >= 11 is 0. The van der Waals surface area contributed by atoms with Crippen LogP contribution >= 0.6 is 0 Å². The summed E-state index contributed by atoms with van der Waals surface area (Å²) in [5.41, 5.74) is 0. The van der Waals surface area contributed by atoms with Crippen molar-refractivity contribution in [3.05, 3.63) is 29.8 Å². The molecule has 4 nitrogen and oxygen atoms in total. The highest BCUT2D eigenvalue weighted by Gasteiger charge is 2.16. The molecule has 0 aliphatic rings. The topological polar surface area (TPSA) is 84.7 Å². The molecule has 1 aromatic rings. The second kappa shape index (κ2) is 4.75. The van der Waals surface area contributed by atoms with Gasteiger partial charge in [0.05, 0.1) is 0 Å². The van der Waals surface area contributed by atoms with Gasteiger partial charge in [-0.1, -0.05) is 6.07 Å². The fraction of sp³-hybridized carbons (Fsp3) is 0. The van der Waals surface area contributed by atoms with Crippen LogP contribution in [0.2, 0.25) is 0 Å². The maximum absolute atomic E-state index is 12.6. The first kappa shape index (κ1) is 11.8. The van der Waals surface area contributed by atoms with Crippen molar-refractivity contribution in [2.24, 2.45) is 0 Å². The molecule has 0 radical (unpaired) electrons. The molecule has 0 aromatic heterocycles. The molecule has 0 bridgehead atoms. The number of halogens is 2. The molecule has 0 unspecified atom stereocenters. The first-order valence-corrected chi connectivity index (χ1v) is 3.08. The van der Waals surface area contributed by atoms with Crippen molar-refractivity contribution in [2.75, 3.05) is 0 Å². The van der Waals surface area contributed by atoms with Gasteiger partial charge in [0.15, 0.2) is 11.6 Å². The normalized spacial score (nSPS) is 8.92. The molecule has 0 amide bonds. The third-order valence-electron chi connectivity index (χ3n) is 1.15. The lowest BCUT2D eigenvalue weighted by Gasteiger charge is -2.04. The van der Waals surface area contributed by atoms with Gasteiger partial charge >= 0.3 is 7.32 Å². The molecule has 13 heavy (non-hydrogen) atoms. The van der Waals surface area contributed by atoms with Gasteiger partial charge in [0.25, 0.3) is 0 Å². The highest BCUT2D eigenvalue weighted by atomic mass is 19.2. The second-order valence-corrected chi connectivity index (χ2v) is 2.00. The van der Waals surface area contributed by atoms with E-state index in [1.54, 1.807) is 0 Å². The Morgan fingerprint density at radius 1 is 1.23 bits per heavy atom. The molecule has 1 rings (SSSR count). The molecule has 7 heteroatoms. The molecule has 72 valence electrons. The van der Waals surface area contributed by atoms with Crippen LogP contribution in [0.25, 0.3) is 0 Å². The van der Waals surface area contributed by atoms with Crippen molar-refractivity contribution < 1.29 is 23.5 Å². The van der Waals surface area contributed by atoms with E-state index in [0.717, 1.165) is 12.1 Å². The van der Waals surface area contributed by atoms with E-state index in [-0.39, 0.29) is 6.15 Å². The molecular weight excluding hydrogens is 183 g/mol. The number of hydrogen-bond acceptors (Lipinski definition) is 4. The van der Waals surface area contributed by atoms with E-state index >= 15 is 0 Å². The van der Waals surface area contributed by atoms with Gasteiger partial charge in [-0.3, -0.25) is 0 Å². The van der Waals surface area contributed by atoms with Gasteiger partial charge in [-0.25, -0.2) is 4.39 Å². The molecule has 0 saturated heterocycles. The van der Waals surface area contributed by atoms with Gasteiger partial charge in [-0.2, -0.15) is 4.39 Å². The summed E-state index contributed by atoms with van der Waals surface area (Å²) < 4.78 is 29.2. The van der Waals surface area contributed by atoms with Gasteiger partial charge in [0, 0.05) is 0 Å². The zero-order valence-electron chi connectivity index (χ0n) is 6.58. The van der Waals surface area contributed by atoms with Crippen molar-refractivity contribution in [2.45, 2.75) is 0 Å². The molecular formula is C6H8BF2NO3. The van der Waals surface area contributed by atoms with E-state index in [1.807, 2.05) is 0 Å². The second-order valence-electron chi connectivity index (χ2n) is 2.00. The lowest BCUT2D eigenvalue weighted by atomic mass is 10.2. The molecule has 0 spiro atoms. The van der Waals surface area contributed by atoms with Crippen LogP contribution in [0.1, 0.15) is 0 Å². The van der Waals surface area contributed by atoms with Gasteiger partial charge in [0.1, 0.15) is 5.75 Å². The molecule has 0 aliphatic heterocycles. The molecule has 5 N–H and O–H groups in total. The van der Waals surface area contributed by atoms with Gasteiger partial charge in [0.2, 0.25) is 0 Å². The summed E-state index contributed by atoms with van der Waals surface area (Å²) in [6.45, 7) is 0. The van der Waals surface area contributed by atoms with Crippen LogP contribution in [0.15, 0.2) is 18.2 Å². The minimum absolute atomic E-state index is 0. The van der Waals surface area contributed by atoms with Crippen LogP contribution in [-0.4, -0.2) is 17.4 Å². The molecule has 0 heterocycles. The standard InChI is InChI=1S/C6H5BF2O3.H3N/c8-4-2-1-3-5(6(4)9)12-7(10)11;/h1-3,10-11H;1H3. The minimum atomic E-state index is -2.15. The van der Waals surface area contributed by atoms with Crippen LogP contribution < -0.4 is 10.8 Å². The van der Waals surface area contributed by atoms with Crippen LogP contribution in [0.4, 0.5) is 8.78 Å². The lowest BCUT2D eigenvalue weighted by molar-refractivity contribution is 0.279. The fourth-order valence-corrected chi connectivity index (χ4v) is 0.689. The predicted molar refractivity (Wildman–Crippen MR) is 42.2 cm³/mol. The van der Waals surface area contributed by atoms with Crippen molar-refractivity contribution in [3.8, 4) is 5.75 Å². The first-order valence-electron chi connectivity index (χ1n) is 3.08. The molecule has 0 fully saturated rings. The summed E-state index contributed by atoms with van der Waals surface area (Å²) in [5, 5.41) is 16.5.